The third kappa shape index (κ3) is 3.51. The number of esters is 1. The summed E-state index contributed by atoms with van der Waals surface area (Å²) < 4.78 is 15.3. The van der Waals surface area contributed by atoms with Crippen LogP contribution in [0.1, 0.15) is 13.8 Å². The maximum atomic E-state index is 10.5. The van der Waals surface area contributed by atoms with Gasteiger partial charge >= 0.3 is 5.97 Å². The summed E-state index contributed by atoms with van der Waals surface area (Å²) in [7, 11) is 0. The molecule has 0 aromatic rings. The zero-order valence-electron chi connectivity index (χ0n) is 8.36. The number of hydrogen-bond acceptors (Lipinski definition) is 4. The molecule has 1 heterocycles. The van der Waals surface area contributed by atoms with Gasteiger partial charge in [0, 0.05) is 13.0 Å². The van der Waals surface area contributed by atoms with Gasteiger partial charge in [-0.2, -0.15) is 0 Å². The first-order chi connectivity index (χ1) is 6.72. The van der Waals surface area contributed by atoms with Crippen molar-refractivity contribution in [3.05, 3.63) is 24.2 Å². The Morgan fingerprint density at radius 2 is 2.43 bits per heavy atom. The van der Waals surface area contributed by atoms with Gasteiger partial charge in [-0.05, 0) is 13.0 Å². The lowest BCUT2D eigenvalue weighted by molar-refractivity contribution is -0.144. The van der Waals surface area contributed by atoms with Crippen LogP contribution in [-0.4, -0.2) is 25.3 Å². The zero-order chi connectivity index (χ0) is 10.4. The third-order valence-corrected chi connectivity index (χ3v) is 1.56. The smallest absolute Gasteiger partial charge is 0.302 e. The fraction of sp³-hybridized carbons (Fsp3) is 0.500. The Hall–Kier alpha value is -1.45. The molecule has 78 valence electrons. The van der Waals surface area contributed by atoms with Gasteiger partial charge in [0.05, 0.1) is 6.61 Å². The molecule has 0 fully saturated rings. The van der Waals surface area contributed by atoms with E-state index < -0.39 is 0 Å². The van der Waals surface area contributed by atoms with E-state index >= 15 is 0 Å². The summed E-state index contributed by atoms with van der Waals surface area (Å²) in [5.74, 6) is 0.154. The molecule has 0 bridgehead atoms. The number of carbonyl (C=O) groups excluding carboxylic acids is 1. The van der Waals surface area contributed by atoms with E-state index in [-0.39, 0.29) is 18.7 Å². The van der Waals surface area contributed by atoms with Crippen LogP contribution >= 0.6 is 0 Å². The highest BCUT2D eigenvalue weighted by molar-refractivity contribution is 5.65. The lowest BCUT2D eigenvalue weighted by atomic mass is 10.3. The molecule has 1 aliphatic heterocycles. The molecular formula is C10H14O4. The van der Waals surface area contributed by atoms with E-state index in [1.54, 1.807) is 6.08 Å². The van der Waals surface area contributed by atoms with Gasteiger partial charge in [0.15, 0.2) is 6.10 Å². The molecule has 0 spiro atoms. The Bertz CT molecular complexity index is 255. The second-order valence-corrected chi connectivity index (χ2v) is 2.76. The zero-order valence-corrected chi connectivity index (χ0v) is 8.36. The molecular weight excluding hydrogens is 184 g/mol. The van der Waals surface area contributed by atoms with Crippen LogP contribution in [0.25, 0.3) is 0 Å². The molecule has 4 nitrogen and oxygen atoms in total. The standard InChI is InChI=1S/C10H14O4/c1-3-12-10-6-4-5-9(14-10)7-13-8(2)11/h4-6,9H,3,7H2,1-2H3/t9-/m0/s1. The summed E-state index contributed by atoms with van der Waals surface area (Å²) in [6.45, 7) is 4.02. The van der Waals surface area contributed by atoms with E-state index in [2.05, 4.69) is 0 Å². The van der Waals surface area contributed by atoms with Crippen molar-refractivity contribution in [2.24, 2.45) is 0 Å². The van der Waals surface area contributed by atoms with Crippen LogP contribution in [0.5, 0.6) is 0 Å². The van der Waals surface area contributed by atoms with Gasteiger partial charge in [-0.3, -0.25) is 4.79 Å². The molecule has 0 aromatic heterocycles. The molecule has 0 saturated heterocycles. The predicted octanol–water partition coefficient (Wildman–Crippen LogP) is 1.38. The minimum atomic E-state index is -0.311. The van der Waals surface area contributed by atoms with E-state index in [4.69, 9.17) is 14.2 Å². The van der Waals surface area contributed by atoms with Crippen molar-refractivity contribution < 1.29 is 19.0 Å². The summed E-state index contributed by atoms with van der Waals surface area (Å²) in [6, 6.07) is 0. The van der Waals surface area contributed by atoms with Gasteiger partial charge in [-0.25, -0.2) is 0 Å². The van der Waals surface area contributed by atoms with Gasteiger partial charge < -0.3 is 14.2 Å². The fourth-order valence-electron chi connectivity index (χ4n) is 0.999. The second-order valence-electron chi connectivity index (χ2n) is 2.76. The summed E-state index contributed by atoms with van der Waals surface area (Å²) in [4.78, 5) is 10.5. The van der Waals surface area contributed by atoms with Crippen LogP contribution in [0.2, 0.25) is 0 Å². The number of rotatable bonds is 4. The molecule has 0 N–H and O–H groups in total. The molecule has 0 amide bonds. The highest BCUT2D eigenvalue weighted by Crippen LogP contribution is 2.12. The number of carbonyl (C=O) groups is 1. The Morgan fingerprint density at radius 3 is 3.07 bits per heavy atom. The van der Waals surface area contributed by atoms with Crippen LogP contribution in [0.4, 0.5) is 0 Å². The average molecular weight is 198 g/mol. The van der Waals surface area contributed by atoms with Gasteiger partial charge in [0.1, 0.15) is 6.61 Å². The SMILES string of the molecule is CCOC1=CC=C[C@@H](COC(C)=O)O1. The Balaban J connectivity index is 2.34. The first-order valence-corrected chi connectivity index (χ1v) is 4.53. The Morgan fingerprint density at radius 1 is 1.64 bits per heavy atom. The van der Waals surface area contributed by atoms with E-state index in [0.717, 1.165) is 0 Å². The molecule has 4 heteroatoms. The van der Waals surface area contributed by atoms with Crippen molar-refractivity contribution in [2.75, 3.05) is 13.2 Å². The molecule has 1 atom stereocenters. The molecule has 1 aliphatic rings. The number of ether oxygens (including phenoxy) is 3. The Labute approximate surface area is 83.1 Å². The predicted molar refractivity (Wildman–Crippen MR) is 50.4 cm³/mol. The Kier molecular flexibility index (Phi) is 4.04. The van der Waals surface area contributed by atoms with Crippen LogP contribution < -0.4 is 0 Å². The molecule has 1 rings (SSSR count). The monoisotopic (exact) mass is 198 g/mol. The summed E-state index contributed by atoms with van der Waals surface area (Å²) in [5.41, 5.74) is 0. The fourth-order valence-corrected chi connectivity index (χ4v) is 0.999. The summed E-state index contributed by atoms with van der Waals surface area (Å²) in [5, 5.41) is 0. The topological polar surface area (TPSA) is 44.8 Å². The van der Waals surface area contributed by atoms with Crippen molar-refractivity contribution >= 4 is 5.97 Å². The van der Waals surface area contributed by atoms with Crippen LogP contribution in [0, 0.1) is 0 Å². The van der Waals surface area contributed by atoms with Crippen LogP contribution in [0.3, 0.4) is 0 Å². The lowest BCUT2D eigenvalue weighted by Crippen LogP contribution is -2.21. The molecule has 0 aromatic carbocycles. The van der Waals surface area contributed by atoms with Crippen LogP contribution in [-0.2, 0) is 19.0 Å². The summed E-state index contributed by atoms with van der Waals surface area (Å²) >= 11 is 0. The number of allylic oxidation sites excluding steroid dienone is 2. The van der Waals surface area contributed by atoms with Crippen molar-refractivity contribution in [3.63, 3.8) is 0 Å². The molecule has 0 radical (unpaired) electrons. The first-order valence-electron chi connectivity index (χ1n) is 4.53. The maximum absolute atomic E-state index is 10.5. The minimum Gasteiger partial charge on any atom is -0.466 e. The first kappa shape index (κ1) is 10.6. The van der Waals surface area contributed by atoms with E-state index in [1.165, 1.54) is 6.92 Å². The van der Waals surface area contributed by atoms with E-state index in [1.807, 2.05) is 19.1 Å². The number of hydrogen-bond donors (Lipinski definition) is 0. The molecule has 0 unspecified atom stereocenters. The highest BCUT2D eigenvalue weighted by atomic mass is 16.7. The largest absolute Gasteiger partial charge is 0.466 e. The van der Waals surface area contributed by atoms with Gasteiger partial charge in [-0.1, -0.05) is 6.08 Å². The summed E-state index contributed by atoms with van der Waals surface area (Å²) in [6.07, 6.45) is 5.12. The van der Waals surface area contributed by atoms with Crippen molar-refractivity contribution in [3.8, 4) is 0 Å². The second kappa shape index (κ2) is 5.32. The van der Waals surface area contributed by atoms with Gasteiger partial charge in [0.25, 0.3) is 5.95 Å². The van der Waals surface area contributed by atoms with Crippen molar-refractivity contribution in [2.45, 2.75) is 20.0 Å². The lowest BCUT2D eigenvalue weighted by Gasteiger charge is -2.19. The van der Waals surface area contributed by atoms with Crippen LogP contribution in [0.15, 0.2) is 24.2 Å². The van der Waals surface area contributed by atoms with Crippen molar-refractivity contribution in [1.82, 2.24) is 0 Å². The quantitative estimate of drug-likeness (QED) is 0.640. The average Bonchev–Trinajstić information content (AvgIpc) is 2.16. The molecule has 0 saturated carbocycles. The van der Waals surface area contributed by atoms with Gasteiger partial charge in [0.2, 0.25) is 0 Å². The van der Waals surface area contributed by atoms with E-state index in [9.17, 15) is 4.79 Å². The normalized spacial score (nSPS) is 19.6. The van der Waals surface area contributed by atoms with Crippen molar-refractivity contribution in [1.29, 1.82) is 0 Å². The van der Waals surface area contributed by atoms with Gasteiger partial charge in [-0.15, -0.1) is 0 Å². The maximum Gasteiger partial charge on any atom is 0.302 e. The van der Waals surface area contributed by atoms with E-state index in [0.29, 0.717) is 12.6 Å². The third-order valence-electron chi connectivity index (χ3n) is 1.56. The molecule has 14 heavy (non-hydrogen) atoms. The molecule has 0 aliphatic carbocycles. The highest BCUT2D eigenvalue weighted by Gasteiger charge is 2.13. The minimum absolute atomic E-state index is 0.218.